The minimum absolute atomic E-state index is 0.113. The second kappa shape index (κ2) is 8.13. The molecule has 0 radical (unpaired) electrons. The minimum Gasteiger partial charge on any atom is -0.545 e. The van der Waals surface area contributed by atoms with E-state index in [0.717, 1.165) is 13.2 Å². The lowest BCUT2D eigenvalue weighted by Gasteiger charge is -2.16. The molecule has 0 fully saturated rings. The fourth-order valence-corrected chi connectivity index (χ4v) is 3.37. The summed E-state index contributed by atoms with van der Waals surface area (Å²) in [7, 11) is -0.678. The first-order chi connectivity index (χ1) is 13.1. The third kappa shape index (κ3) is 4.14. The summed E-state index contributed by atoms with van der Waals surface area (Å²) in [6, 6.07) is 4.54. The van der Waals surface area contributed by atoms with Gasteiger partial charge in [0.15, 0.2) is 11.5 Å². The highest BCUT2D eigenvalue weighted by Gasteiger charge is 2.23. The van der Waals surface area contributed by atoms with Gasteiger partial charge in [-0.1, -0.05) is 0 Å². The number of ether oxygens (including phenoxy) is 3. The predicted molar refractivity (Wildman–Crippen MR) is 92.4 cm³/mol. The second-order valence-corrected chi connectivity index (χ2v) is 6.96. The Hall–Kier alpha value is -3.34. The van der Waals surface area contributed by atoms with Gasteiger partial charge in [-0.2, -0.15) is 0 Å². The van der Waals surface area contributed by atoms with Gasteiger partial charge in [-0.05, 0) is 18.2 Å². The van der Waals surface area contributed by atoms with Gasteiger partial charge in [0.1, 0.15) is 5.82 Å². The van der Waals surface area contributed by atoms with E-state index >= 15 is 0 Å². The molecule has 0 spiro atoms. The standard InChI is InChI=1S/C17H16FNO8S/c1-25-14-7-11(17(22)27-3)13(8-15(14)26-2)19-28(23,24)9-4-5-12(18)10(6-9)16(20)21/h4-8,19H,1-3H3,(H,20,21)/p-1. The van der Waals surface area contributed by atoms with Gasteiger partial charge in [0.2, 0.25) is 0 Å². The van der Waals surface area contributed by atoms with Crippen molar-refractivity contribution in [1.82, 2.24) is 0 Å². The van der Waals surface area contributed by atoms with Crippen molar-refractivity contribution in [1.29, 1.82) is 0 Å². The SMILES string of the molecule is COC(=O)c1cc(OC)c(OC)cc1NS(=O)(=O)c1ccc(F)c(C(=O)[O-])c1. The number of carbonyl (C=O) groups excluding carboxylic acids is 2. The molecular weight excluding hydrogens is 397 g/mol. The Balaban J connectivity index is 2.58. The van der Waals surface area contributed by atoms with Crippen LogP contribution in [0.1, 0.15) is 20.7 Å². The van der Waals surface area contributed by atoms with Crippen LogP contribution in [0.25, 0.3) is 0 Å². The molecule has 150 valence electrons. The first-order valence-electron chi connectivity index (χ1n) is 7.52. The molecule has 28 heavy (non-hydrogen) atoms. The quantitative estimate of drug-likeness (QED) is 0.661. The van der Waals surface area contributed by atoms with Crippen molar-refractivity contribution in [2.75, 3.05) is 26.1 Å². The predicted octanol–water partition coefficient (Wildman–Crippen LogP) is 0.794. The Morgan fingerprint density at radius 3 is 2.14 bits per heavy atom. The van der Waals surface area contributed by atoms with Crippen molar-refractivity contribution in [3.05, 3.63) is 47.3 Å². The molecular formula is C17H15FNO8S-. The summed E-state index contributed by atoms with van der Waals surface area (Å²) in [5, 5.41) is 10.9. The van der Waals surface area contributed by atoms with E-state index in [2.05, 4.69) is 9.46 Å². The Morgan fingerprint density at radius 1 is 1.00 bits per heavy atom. The summed E-state index contributed by atoms with van der Waals surface area (Å²) in [4.78, 5) is 22.4. The van der Waals surface area contributed by atoms with Crippen LogP contribution in [0, 0.1) is 5.82 Å². The summed E-state index contributed by atoms with van der Waals surface area (Å²) < 4.78 is 55.7. The highest BCUT2D eigenvalue weighted by molar-refractivity contribution is 7.92. The average molecular weight is 412 g/mol. The van der Waals surface area contributed by atoms with Crippen molar-refractivity contribution < 1.29 is 41.7 Å². The van der Waals surface area contributed by atoms with Crippen LogP contribution in [0.4, 0.5) is 10.1 Å². The second-order valence-electron chi connectivity index (χ2n) is 5.28. The highest BCUT2D eigenvalue weighted by atomic mass is 32.2. The molecule has 0 atom stereocenters. The van der Waals surface area contributed by atoms with Crippen molar-refractivity contribution in [3.8, 4) is 11.5 Å². The van der Waals surface area contributed by atoms with E-state index in [4.69, 9.17) is 9.47 Å². The van der Waals surface area contributed by atoms with Gasteiger partial charge in [0.25, 0.3) is 10.0 Å². The van der Waals surface area contributed by atoms with E-state index in [1.807, 2.05) is 0 Å². The molecule has 0 saturated heterocycles. The van der Waals surface area contributed by atoms with Crippen LogP contribution in [0.2, 0.25) is 0 Å². The fraction of sp³-hybridized carbons (Fsp3) is 0.176. The van der Waals surface area contributed by atoms with Gasteiger partial charge in [-0.25, -0.2) is 17.6 Å². The lowest BCUT2D eigenvalue weighted by atomic mass is 10.1. The molecule has 1 N–H and O–H groups in total. The number of esters is 1. The zero-order valence-corrected chi connectivity index (χ0v) is 15.8. The summed E-state index contributed by atoms with van der Waals surface area (Å²) in [5.41, 5.74) is -1.34. The van der Waals surface area contributed by atoms with Crippen LogP contribution >= 0.6 is 0 Å². The van der Waals surface area contributed by atoms with Crippen molar-refractivity contribution >= 4 is 27.6 Å². The van der Waals surface area contributed by atoms with E-state index in [1.54, 1.807) is 0 Å². The first-order valence-corrected chi connectivity index (χ1v) is 9.01. The zero-order chi connectivity index (χ0) is 21.1. The van der Waals surface area contributed by atoms with Gasteiger partial charge in [0, 0.05) is 17.7 Å². The number of carboxylic acid groups (broad SMARTS) is 1. The number of carbonyl (C=O) groups is 2. The molecule has 0 aromatic heterocycles. The molecule has 0 aliphatic carbocycles. The Bertz CT molecular complexity index is 1040. The number of halogens is 1. The van der Waals surface area contributed by atoms with Gasteiger partial charge in [-0.3, -0.25) is 4.72 Å². The monoisotopic (exact) mass is 412 g/mol. The van der Waals surface area contributed by atoms with Crippen LogP contribution in [-0.4, -0.2) is 41.7 Å². The van der Waals surface area contributed by atoms with E-state index in [1.165, 1.54) is 26.4 Å². The molecule has 9 nitrogen and oxygen atoms in total. The van der Waals surface area contributed by atoms with Gasteiger partial charge in [-0.15, -0.1) is 0 Å². The lowest BCUT2D eigenvalue weighted by Crippen LogP contribution is -2.24. The topological polar surface area (TPSA) is 131 Å². The first kappa shape index (κ1) is 21.0. The van der Waals surface area contributed by atoms with E-state index in [-0.39, 0.29) is 22.7 Å². The van der Waals surface area contributed by atoms with E-state index in [0.29, 0.717) is 12.1 Å². The van der Waals surface area contributed by atoms with Crippen molar-refractivity contribution in [3.63, 3.8) is 0 Å². The summed E-state index contributed by atoms with van der Waals surface area (Å²) >= 11 is 0. The maximum absolute atomic E-state index is 13.5. The number of hydrogen-bond donors (Lipinski definition) is 1. The molecule has 2 rings (SSSR count). The summed E-state index contributed by atoms with van der Waals surface area (Å²) in [6.07, 6.45) is 0. The van der Waals surface area contributed by atoms with E-state index in [9.17, 15) is 27.5 Å². The molecule has 11 heteroatoms. The number of benzene rings is 2. The number of aromatic carboxylic acids is 1. The maximum atomic E-state index is 13.5. The van der Waals surface area contributed by atoms with Crippen LogP contribution in [0.3, 0.4) is 0 Å². The third-order valence-electron chi connectivity index (χ3n) is 3.64. The number of rotatable bonds is 7. The maximum Gasteiger partial charge on any atom is 0.340 e. The van der Waals surface area contributed by atoms with Crippen LogP contribution in [0.15, 0.2) is 35.2 Å². The zero-order valence-electron chi connectivity index (χ0n) is 14.9. The molecule has 2 aromatic rings. The third-order valence-corrected chi connectivity index (χ3v) is 5.00. The van der Waals surface area contributed by atoms with Crippen LogP contribution in [0.5, 0.6) is 11.5 Å². The molecule has 0 aliphatic heterocycles. The normalized spacial score (nSPS) is 10.9. The molecule has 0 aliphatic rings. The van der Waals surface area contributed by atoms with Gasteiger partial charge in [0.05, 0.1) is 43.4 Å². The minimum atomic E-state index is -4.41. The lowest BCUT2D eigenvalue weighted by molar-refractivity contribution is -0.255. The van der Waals surface area contributed by atoms with E-state index < -0.39 is 38.2 Å². The number of methoxy groups -OCH3 is 3. The molecule has 0 amide bonds. The van der Waals surface area contributed by atoms with Crippen molar-refractivity contribution in [2.24, 2.45) is 0 Å². The smallest absolute Gasteiger partial charge is 0.340 e. The largest absolute Gasteiger partial charge is 0.545 e. The highest BCUT2D eigenvalue weighted by Crippen LogP contribution is 2.34. The summed E-state index contributed by atoms with van der Waals surface area (Å²) in [6.45, 7) is 0. The molecule has 0 bridgehead atoms. The average Bonchev–Trinajstić information content (AvgIpc) is 2.66. The van der Waals surface area contributed by atoms with Gasteiger partial charge >= 0.3 is 5.97 Å². The number of nitrogens with one attached hydrogen (secondary N) is 1. The number of sulfonamides is 1. The van der Waals surface area contributed by atoms with Crippen molar-refractivity contribution in [2.45, 2.75) is 4.90 Å². The Kier molecular flexibility index (Phi) is 6.09. The molecule has 0 saturated carbocycles. The number of carboxylic acids is 1. The Morgan fingerprint density at radius 2 is 1.61 bits per heavy atom. The molecule has 0 unspecified atom stereocenters. The molecule has 2 aromatic carbocycles. The fourth-order valence-electron chi connectivity index (χ4n) is 2.27. The van der Waals surface area contributed by atoms with Crippen LogP contribution < -0.4 is 19.3 Å². The number of hydrogen-bond acceptors (Lipinski definition) is 8. The Labute approximate surface area is 159 Å². The molecule has 0 heterocycles. The van der Waals surface area contributed by atoms with Crippen LogP contribution in [-0.2, 0) is 14.8 Å². The summed E-state index contributed by atoms with van der Waals surface area (Å²) in [5.74, 6) is -3.64. The number of anilines is 1. The van der Waals surface area contributed by atoms with Gasteiger partial charge < -0.3 is 24.1 Å².